The maximum absolute atomic E-state index is 9.60. The van der Waals surface area contributed by atoms with E-state index in [2.05, 4.69) is 36.4 Å². The molecule has 0 unspecified atom stereocenters. The number of H-pyrrole nitrogens is 1. The number of imidazole rings is 1. The molecule has 30 heavy (non-hydrogen) atoms. The molecule has 10 nitrogen and oxygen atoms in total. The topological polar surface area (TPSA) is 130 Å². The van der Waals surface area contributed by atoms with Gasteiger partial charge in [-0.25, -0.2) is 19.9 Å². The van der Waals surface area contributed by atoms with Gasteiger partial charge in [-0.05, 0) is 24.6 Å². The lowest BCUT2D eigenvalue weighted by Gasteiger charge is -2.13. The van der Waals surface area contributed by atoms with Crippen molar-refractivity contribution in [2.24, 2.45) is 0 Å². The zero-order chi connectivity index (χ0) is 20.7. The van der Waals surface area contributed by atoms with Crippen molar-refractivity contribution >= 4 is 33.7 Å². The molecule has 0 amide bonds. The third kappa shape index (κ3) is 2.68. The van der Waals surface area contributed by atoms with Gasteiger partial charge >= 0.3 is 0 Å². The van der Waals surface area contributed by atoms with E-state index in [1.807, 2.05) is 31.2 Å². The van der Waals surface area contributed by atoms with Gasteiger partial charge in [0.05, 0.1) is 19.6 Å². The fraction of sp³-hybridized carbons (Fsp3) is 0.100. The molecule has 0 aliphatic rings. The molecule has 0 bridgehead atoms. The van der Waals surface area contributed by atoms with Crippen LogP contribution in [0, 0.1) is 18.3 Å². The van der Waals surface area contributed by atoms with Crippen molar-refractivity contribution in [1.82, 2.24) is 34.7 Å². The summed E-state index contributed by atoms with van der Waals surface area (Å²) in [7, 11) is 1.61. The summed E-state index contributed by atoms with van der Waals surface area (Å²) in [5.41, 5.74) is 3.21. The largest absolute Gasteiger partial charge is 0.494 e. The van der Waals surface area contributed by atoms with E-state index in [9.17, 15) is 5.26 Å². The van der Waals surface area contributed by atoms with E-state index < -0.39 is 0 Å². The van der Waals surface area contributed by atoms with Crippen LogP contribution >= 0.6 is 0 Å². The van der Waals surface area contributed by atoms with Crippen LogP contribution < -0.4 is 10.1 Å². The Morgan fingerprint density at radius 1 is 1.23 bits per heavy atom. The van der Waals surface area contributed by atoms with Gasteiger partial charge in [-0.15, -0.1) is 0 Å². The number of methoxy groups -OCH3 is 1. The van der Waals surface area contributed by atoms with Crippen LogP contribution in [0.3, 0.4) is 0 Å². The second-order valence-electron chi connectivity index (χ2n) is 6.53. The Hall–Kier alpha value is -4.52. The Balaban J connectivity index is 1.69. The summed E-state index contributed by atoms with van der Waals surface area (Å²) in [6.07, 6.45) is 4.42. The van der Waals surface area contributed by atoms with Crippen molar-refractivity contribution in [1.29, 1.82) is 5.26 Å². The zero-order valence-electron chi connectivity index (χ0n) is 16.1. The van der Waals surface area contributed by atoms with E-state index in [4.69, 9.17) is 9.72 Å². The van der Waals surface area contributed by atoms with E-state index in [1.54, 1.807) is 11.8 Å². The lowest BCUT2D eigenvalue weighted by Crippen LogP contribution is -2.07. The standard InChI is InChI=1S/C20H15N9O/c1-11-6-15(27-16-13(11)4-3-5-14(16)30-2)29-20(12(7-21)8-26-29)28-19-17-18(23-9-22-17)24-10-25-19/h3-6,8-10H,1-2H3,(H2,22,23,24,25,28). The summed E-state index contributed by atoms with van der Waals surface area (Å²) in [6.45, 7) is 1.99. The van der Waals surface area contributed by atoms with E-state index in [0.717, 1.165) is 10.9 Å². The van der Waals surface area contributed by atoms with Crippen LogP contribution in [-0.4, -0.2) is 41.8 Å². The Kier molecular flexibility index (Phi) is 4.00. The molecule has 0 fully saturated rings. The average Bonchev–Trinajstić information content (AvgIpc) is 3.40. The number of benzene rings is 1. The molecule has 0 saturated carbocycles. The molecule has 4 aromatic heterocycles. The number of nitriles is 1. The molecular weight excluding hydrogens is 382 g/mol. The Morgan fingerprint density at radius 3 is 2.97 bits per heavy atom. The van der Waals surface area contributed by atoms with Crippen LogP contribution in [0.15, 0.2) is 43.1 Å². The first kappa shape index (κ1) is 17.6. The number of para-hydroxylation sites is 1. The number of pyridine rings is 1. The lowest BCUT2D eigenvalue weighted by atomic mass is 10.1. The van der Waals surface area contributed by atoms with E-state index >= 15 is 0 Å². The van der Waals surface area contributed by atoms with Crippen molar-refractivity contribution < 1.29 is 4.74 Å². The maximum Gasteiger partial charge on any atom is 0.182 e. The Morgan fingerprint density at radius 2 is 2.13 bits per heavy atom. The van der Waals surface area contributed by atoms with E-state index in [1.165, 1.54) is 18.9 Å². The Bertz CT molecular complexity index is 1440. The molecule has 0 spiro atoms. The quantitative estimate of drug-likeness (QED) is 0.473. The van der Waals surface area contributed by atoms with Gasteiger partial charge in [-0.3, -0.25) is 0 Å². The molecule has 2 N–H and O–H groups in total. The summed E-state index contributed by atoms with van der Waals surface area (Å²) < 4.78 is 7.05. The minimum absolute atomic E-state index is 0.348. The van der Waals surface area contributed by atoms with Crippen LogP contribution in [0.4, 0.5) is 11.6 Å². The minimum Gasteiger partial charge on any atom is -0.494 e. The van der Waals surface area contributed by atoms with E-state index in [-0.39, 0.29) is 0 Å². The summed E-state index contributed by atoms with van der Waals surface area (Å²) in [5.74, 6) is 2.12. The number of rotatable bonds is 4. The molecule has 1 aromatic carbocycles. The summed E-state index contributed by atoms with van der Waals surface area (Å²) in [4.78, 5) is 20.3. The predicted molar refractivity (Wildman–Crippen MR) is 110 cm³/mol. The number of aryl methyl sites for hydroxylation is 1. The number of hydrogen-bond acceptors (Lipinski definition) is 8. The number of fused-ring (bicyclic) bond motifs is 2. The van der Waals surface area contributed by atoms with Crippen molar-refractivity contribution in [3.05, 3.63) is 54.2 Å². The third-order valence-electron chi connectivity index (χ3n) is 4.78. The molecule has 4 heterocycles. The first-order chi connectivity index (χ1) is 14.7. The van der Waals surface area contributed by atoms with Crippen LogP contribution in [0.1, 0.15) is 11.1 Å². The summed E-state index contributed by atoms with van der Waals surface area (Å²) >= 11 is 0. The molecule has 0 saturated heterocycles. The number of nitrogens with one attached hydrogen (secondary N) is 2. The van der Waals surface area contributed by atoms with Crippen LogP contribution in [0.5, 0.6) is 5.75 Å². The molecular formula is C20H15N9O. The predicted octanol–water partition coefficient (Wildman–Crippen LogP) is 3.02. The first-order valence-corrected chi connectivity index (χ1v) is 9.03. The minimum atomic E-state index is 0.348. The van der Waals surface area contributed by atoms with Gasteiger partial charge in [-0.2, -0.15) is 15.0 Å². The van der Waals surface area contributed by atoms with Gasteiger partial charge in [-0.1, -0.05) is 12.1 Å². The Labute approximate surface area is 170 Å². The lowest BCUT2D eigenvalue weighted by molar-refractivity contribution is 0.419. The van der Waals surface area contributed by atoms with Crippen LogP contribution in [0.2, 0.25) is 0 Å². The SMILES string of the molecule is COc1cccc2c(C)cc(-n3ncc(C#N)c3Nc3ncnc4nc[nH]c34)nc12. The van der Waals surface area contributed by atoms with Crippen LogP contribution in [0.25, 0.3) is 27.9 Å². The molecule has 0 radical (unpaired) electrons. The zero-order valence-corrected chi connectivity index (χ0v) is 16.1. The van der Waals surface area contributed by atoms with Gasteiger partial charge in [0.25, 0.3) is 0 Å². The highest BCUT2D eigenvalue weighted by molar-refractivity contribution is 5.88. The third-order valence-corrected chi connectivity index (χ3v) is 4.78. The monoisotopic (exact) mass is 397 g/mol. The second-order valence-corrected chi connectivity index (χ2v) is 6.53. The van der Waals surface area contributed by atoms with Gasteiger partial charge in [0.1, 0.15) is 34.7 Å². The number of ether oxygens (including phenoxy) is 1. The molecule has 10 heteroatoms. The normalized spacial score (nSPS) is 11.0. The summed E-state index contributed by atoms with van der Waals surface area (Å²) in [5, 5.41) is 18.1. The fourth-order valence-corrected chi connectivity index (χ4v) is 3.34. The number of aromatic nitrogens is 7. The number of nitrogens with zero attached hydrogens (tertiary/aromatic N) is 7. The van der Waals surface area contributed by atoms with Gasteiger partial charge in [0, 0.05) is 5.39 Å². The number of hydrogen-bond donors (Lipinski definition) is 2. The molecule has 5 aromatic rings. The maximum atomic E-state index is 9.60. The highest BCUT2D eigenvalue weighted by atomic mass is 16.5. The highest BCUT2D eigenvalue weighted by Gasteiger charge is 2.18. The van der Waals surface area contributed by atoms with Crippen molar-refractivity contribution in [3.8, 4) is 17.6 Å². The van der Waals surface area contributed by atoms with Gasteiger partial charge in [0.2, 0.25) is 0 Å². The van der Waals surface area contributed by atoms with Gasteiger partial charge in [0.15, 0.2) is 23.1 Å². The second kappa shape index (κ2) is 6.82. The molecule has 0 atom stereocenters. The summed E-state index contributed by atoms with van der Waals surface area (Å²) in [6, 6.07) is 9.84. The number of aromatic amines is 1. The van der Waals surface area contributed by atoms with Crippen molar-refractivity contribution in [2.75, 3.05) is 12.4 Å². The highest BCUT2D eigenvalue weighted by Crippen LogP contribution is 2.30. The molecule has 0 aliphatic heterocycles. The first-order valence-electron chi connectivity index (χ1n) is 9.03. The van der Waals surface area contributed by atoms with Gasteiger partial charge < -0.3 is 15.0 Å². The number of anilines is 2. The molecule has 146 valence electrons. The van der Waals surface area contributed by atoms with Crippen molar-refractivity contribution in [2.45, 2.75) is 6.92 Å². The smallest absolute Gasteiger partial charge is 0.182 e. The van der Waals surface area contributed by atoms with Crippen molar-refractivity contribution in [3.63, 3.8) is 0 Å². The van der Waals surface area contributed by atoms with E-state index in [0.29, 0.717) is 45.4 Å². The molecule has 0 aliphatic carbocycles. The fourth-order valence-electron chi connectivity index (χ4n) is 3.34. The molecule has 5 rings (SSSR count). The average molecular weight is 397 g/mol. The van der Waals surface area contributed by atoms with Crippen LogP contribution in [-0.2, 0) is 0 Å².